The molecule has 3 aromatic carbocycles. The van der Waals surface area contributed by atoms with Crippen molar-refractivity contribution in [3.8, 4) is 11.5 Å². The van der Waals surface area contributed by atoms with E-state index in [1.807, 2.05) is 0 Å². The summed E-state index contributed by atoms with van der Waals surface area (Å²) < 4.78 is 35.6. The molecule has 0 bridgehead atoms. The smallest absolute Gasteiger partial charge is 0.276 e. The Bertz CT molecular complexity index is 1150. The van der Waals surface area contributed by atoms with Crippen molar-refractivity contribution in [2.75, 3.05) is 7.11 Å². The van der Waals surface area contributed by atoms with Gasteiger partial charge in [0.15, 0.2) is 11.5 Å². The first-order chi connectivity index (χ1) is 14.4. The third-order valence-electron chi connectivity index (χ3n) is 4.03. The Morgan fingerprint density at radius 1 is 1.00 bits per heavy atom. The predicted octanol–water partition coefficient (Wildman–Crippen LogP) is 4.89. The lowest BCUT2D eigenvalue weighted by Gasteiger charge is -2.12. The van der Waals surface area contributed by atoms with Crippen LogP contribution in [0.1, 0.15) is 11.1 Å². The van der Waals surface area contributed by atoms with Gasteiger partial charge in [0.25, 0.3) is 10.0 Å². The molecule has 3 aromatic rings. The van der Waals surface area contributed by atoms with Crippen LogP contribution in [0.15, 0.2) is 76.7 Å². The Labute approximate surface area is 185 Å². The minimum Gasteiger partial charge on any atom is -0.493 e. The second kappa shape index (κ2) is 9.84. The number of hydrogen-bond acceptors (Lipinski definition) is 5. The van der Waals surface area contributed by atoms with Gasteiger partial charge in [0.1, 0.15) is 6.61 Å². The molecule has 6 nitrogen and oxygen atoms in total. The lowest BCUT2D eigenvalue weighted by Crippen LogP contribution is -2.18. The van der Waals surface area contributed by atoms with Crippen molar-refractivity contribution in [1.29, 1.82) is 0 Å². The van der Waals surface area contributed by atoms with Crippen molar-refractivity contribution in [3.05, 3.63) is 87.9 Å². The van der Waals surface area contributed by atoms with Gasteiger partial charge in [-0.25, -0.2) is 4.83 Å². The van der Waals surface area contributed by atoms with E-state index in [9.17, 15) is 8.42 Å². The van der Waals surface area contributed by atoms with E-state index in [2.05, 4.69) is 9.93 Å². The fourth-order valence-electron chi connectivity index (χ4n) is 2.50. The third kappa shape index (κ3) is 5.66. The van der Waals surface area contributed by atoms with Gasteiger partial charge >= 0.3 is 0 Å². The fraction of sp³-hybridized carbons (Fsp3) is 0.0952. The highest BCUT2D eigenvalue weighted by atomic mass is 35.5. The maximum absolute atomic E-state index is 12.2. The minimum absolute atomic E-state index is 0.126. The summed E-state index contributed by atoms with van der Waals surface area (Å²) in [7, 11) is -2.21. The van der Waals surface area contributed by atoms with Crippen LogP contribution in [0.4, 0.5) is 0 Å². The second-order valence-electron chi connectivity index (χ2n) is 6.10. The lowest BCUT2D eigenvalue weighted by atomic mass is 10.2. The highest BCUT2D eigenvalue weighted by Gasteiger charge is 2.11. The Morgan fingerprint density at radius 2 is 1.77 bits per heavy atom. The van der Waals surface area contributed by atoms with Crippen molar-refractivity contribution < 1.29 is 17.9 Å². The van der Waals surface area contributed by atoms with Gasteiger partial charge in [0.05, 0.1) is 18.2 Å². The number of nitrogens with one attached hydrogen (secondary N) is 1. The highest BCUT2D eigenvalue weighted by Crippen LogP contribution is 2.30. The molecule has 0 saturated heterocycles. The van der Waals surface area contributed by atoms with E-state index < -0.39 is 10.0 Å². The van der Waals surface area contributed by atoms with E-state index in [-0.39, 0.29) is 11.5 Å². The summed E-state index contributed by atoms with van der Waals surface area (Å²) >= 11 is 12.1. The largest absolute Gasteiger partial charge is 0.493 e. The van der Waals surface area contributed by atoms with Crippen molar-refractivity contribution in [2.45, 2.75) is 11.5 Å². The standard InChI is InChI=1S/C21H18Cl2N2O4S/c1-28-20-10-7-15(13-24-25-30(26,27)18-5-3-2-4-6-18)11-21(20)29-14-16-8-9-17(22)12-19(16)23/h2-13,25H,14H2,1H3/b24-13+. The molecule has 0 aliphatic heterocycles. The predicted molar refractivity (Wildman–Crippen MR) is 118 cm³/mol. The Morgan fingerprint density at radius 3 is 2.47 bits per heavy atom. The summed E-state index contributed by atoms with van der Waals surface area (Å²) in [5.74, 6) is 0.973. The zero-order valence-corrected chi connectivity index (χ0v) is 18.2. The first-order valence-corrected chi connectivity index (χ1v) is 11.0. The lowest BCUT2D eigenvalue weighted by molar-refractivity contribution is 0.284. The normalized spacial score (nSPS) is 11.4. The summed E-state index contributed by atoms with van der Waals surface area (Å²) in [5, 5.41) is 4.87. The summed E-state index contributed by atoms with van der Waals surface area (Å²) in [5.41, 5.74) is 1.38. The molecule has 0 saturated carbocycles. The average Bonchev–Trinajstić information content (AvgIpc) is 2.74. The third-order valence-corrected chi connectivity index (χ3v) is 5.85. The number of sulfonamides is 1. The molecule has 9 heteroatoms. The van der Waals surface area contributed by atoms with Crippen LogP contribution < -0.4 is 14.3 Å². The molecule has 0 aliphatic carbocycles. The molecule has 1 N–H and O–H groups in total. The minimum atomic E-state index is -3.74. The Balaban J connectivity index is 1.73. The van der Waals surface area contributed by atoms with E-state index in [0.29, 0.717) is 27.1 Å². The van der Waals surface area contributed by atoms with Crippen LogP contribution in [0.2, 0.25) is 10.0 Å². The molecule has 0 aromatic heterocycles. The number of hydrazone groups is 1. The summed E-state index contributed by atoms with van der Waals surface area (Å²) in [6, 6.07) is 18.2. The molecule has 30 heavy (non-hydrogen) atoms. The molecule has 0 radical (unpaired) electrons. The van der Waals surface area contributed by atoms with Crippen LogP contribution in [-0.4, -0.2) is 21.7 Å². The van der Waals surface area contributed by atoms with Crippen molar-refractivity contribution in [2.24, 2.45) is 5.10 Å². The van der Waals surface area contributed by atoms with Crippen molar-refractivity contribution in [3.63, 3.8) is 0 Å². The number of methoxy groups -OCH3 is 1. The van der Waals surface area contributed by atoms with Gasteiger partial charge in [-0.3, -0.25) is 0 Å². The zero-order valence-electron chi connectivity index (χ0n) is 15.9. The Kier molecular flexibility index (Phi) is 7.20. The van der Waals surface area contributed by atoms with E-state index in [1.54, 1.807) is 54.6 Å². The van der Waals surface area contributed by atoms with Crippen LogP contribution in [0.25, 0.3) is 0 Å². The van der Waals surface area contributed by atoms with E-state index in [1.165, 1.54) is 25.5 Å². The monoisotopic (exact) mass is 464 g/mol. The highest BCUT2D eigenvalue weighted by molar-refractivity contribution is 7.89. The maximum Gasteiger partial charge on any atom is 0.276 e. The molecule has 0 amide bonds. The topological polar surface area (TPSA) is 77.0 Å². The summed E-state index contributed by atoms with van der Waals surface area (Å²) in [6.45, 7) is 0.202. The van der Waals surface area contributed by atoms with Crippen LogP contribution in [0, 0.1) is 0 Å². The number of rotatable bonds is 8. The zero-order chi connectivity index (χ0) is 21.6. The van der Waals surface area contributed by atoms with Crippen LogP contribution in [0.5, 0.6) is 11.5 Å². The number of halogens is 2. The van der Waals surface area contributed by atoms with E-state index in [0.717, 1.165) is 5.56 Å². The number of nitrogens with zero attached hydrogens (tertiary/aromatic N) is 1. The average molecular weight is 465 g/mol. The molecule has 0 unspecified atom stereocenters. The summed E-state index contributed by atoms with van der Waals surface area (Å²) in [4.78, 5) is 2.31. The van der Waals surface area contributed by atoms with Crippen molar-refractivity contribution in [1.82, 2.24) is 4.83 Å². The SMILES string of the molecule is COc1ccc(/C=N/NS(=O)(=O)c2ccccc2)cc1OCc1ccc(Cl)cc1Cl. The van der Waals surface area contributed by atoms with Crippen molar-refractivity contribution >= 4 is 39.4 Å². The molecule has 0 fully saturated rings. The first kappa shape index (κ1) is 22.0. The van der Waals surface area contributed by atoms with Crippen LogP contribution in [0.3, 0.4) is 0 Å². The molecule has 0 heterocycles. The number of ether oxygens (including phenoxy) is 2. The van der Waals surface area contributed by atoms with Gasteiger partial charge in [-0.1, -0.05) is 47.5 Å². The molecule has 156 valence electrons. The van der Waals surface area contributed by atoms with Gasteiger partial charge in [-0.05, 0) is 48.0 Å². The molecular weight excluding hydrogens is 447 g/mol. The Hall–Kier alpha value is -2.74. The first-order valence-electron chi connectivity index (χ1n) is 8.74. The number of hydrogen-bond donors (Lipinski definition) is 1. The van der Waals surface area contributed by atoms with Gasteiger partial charge in [0, 0.05) is 15.6 Å². The summed E-state index contributed by atoms with van der Waals surface area (Å²) in [6.07, 6.45) is 1.38. The molecule has 3 rings (SSSR count). The van der Waals surface area contributed by atoms with Gasteiger partial charge in [-0.15, -0.1) is 0 Å². The number of benzene rings is 3. The maximum atomic E-state index is 12.2. The molecular formula is C21H18Cl2N2O4S. The molecule has 0 aliphatic rings. The second-order valence-corrected chi connectivity index (χ2v) is 8.61. The fourth-order valence-corrected chi connectivity index (χ4v) is 3.78. The molecule has 0 spiro atoms. The van der Waals surface area contributed by atoms with Gasteiger partial charge < -0.3 is 9.47 Å². The quantitative estimate of drug-likeness (QED) is 0.380. The van der Waals surface area contributed by atoms with Crippen LogP contribution in [-0.2, 0) is 16.6 Å². The van der Waals surface area contributed by atoms with E-state index in [4.69, 9.17) is 32.7 Å². The van der Waals surface area contributed by atoms with Crippen LogP contribution >= 0.6 is 23.2 Å². The van der Waals surface area contributed by atoms with Gasteiger partial charge in [-0.2, -0.15) is 13.5 Å². The molecule has 0 atom stereocenters. The van der Waals surface area contributed by atoms with Gasteiger partial charge in [0.2, 0.25) is 0 Å². The van der Waals surface area contributed by atoms with E-state index >= 15 is 0 Å².